The average molecular weight is 233 g/mol. The van der Waals surface area contributed by atoms with Crippen molar-refractivity contribution < 1.29 is 0 Å². The predicted molar refractivity (Wildman–Crippen MR) is 61.9 cm³/mol. The molecule has 1 unspecified atom stereocenters. The lowest BCUT2D eigenvalue weighted by Gasteiger charge is -2.19. The molecule has 1 aromatic carbocycles. The van der Waals surface area contributed by atoms with E-state index in [-0.39, 0.29) is 6.04 Å². The van der Waals surface area contributed by atoms with Crippen molar-refractivity contribution in [2.24, 2.45) is 5.73 Å². The van der Waals surface area contributed by atoms with Crippen LogP contribution in [0.1, 0.15) is 11.6 Å². The van der Waals surface area contributed by atoms with E-state index in [1.165, 1.54) is 0 Å². The third kappa shape index (κ3) is 2.85. The summed E-state index contributed by atoms with van der Waals surface area (Å²) >= 11 is 12.0. The smallest absolute Gasteiger partial charge is 0.0469 e. The van der Waals surface area contributed by atoms with Crippen molar-refractivity contribution in [3.05, 3.63) is 33.8 Å². The van der Waals surface area contributed by atoms with Crippen molar-refractivity contribution in [2.75, 3.05) is 20.6 Å². The molecular formula is C10H14Cl2N2. The van der Waals surface area contributed by atoms with Gasteiger partial charge < -0.3 is 10.6 Å². The Morgan fingerprint density at radius 3 is 2.21 bits per heavy atom. The molecule has 4 heteroatoms. The molecule has 0 aliphatic carbocycles. The first-order valence-electron chi connectivity index (χ1n) is 4.36. The van der Waals surface area contributed by atoms with Gasteiger partial charge in [-0.1, -0.05) is 29.3 Å². The highest BCUT2D eigenvalue weighted by Gasteiger charge is 2.14. The van der Waals surface area contributed by atoms with Crippen LogP contribution in [0.2, 0.25) is 10.0 Å². The Bertz CT molecular complexity index is 293. The first-order valence-corrected chi connectivity index (χ1v) is 5.12. The van der Waals surface area contributed by atoms with Crippen molar-refractivity contribution in [3.8, 4) is 0 Å². The first kappa shape index (κ1) is 11.8. The molecule has 0 saturated heterocycles. The molecule has 0 aromatic heterocycles. The van der Waals surface area contributed by atoms with Crippen LogP contribution in [0.5, 0.6) is 0 Å². The van der Waals surface area contributed by atoms with E-state index in [4.69, 9.17) is 28.9 Å². The van der Waals surface area contributed by atoms with Gasteiger partial charge in [-0.3, -0.25) is 0 Å². The Hall–Kier alpha value is -0.280. The van der Waals surface area contributed by atoms with Gasteiger partial charge in [-0.25, -0.2) is 0 Å². The molecule has 2 nitrogen and oxygen atoms in total. The van der Waals surface area contributed by atoms with E-state index in [0.29, 0.717) is 10.0 Å². The van der Waals surface area contributed by atoms with Gasteiger partial charge in [0.15, 0.2) is 0 Å². The molecule has 2 N–H and O–H groups in total. The van der Waals surface area contributed by atoms with E-state index in [9.17, 15) is 0 Å². The first-order chi connectivity index (χ1) is 6.52. The molecule has 0 fully saturated rings. The molecule has 0 aliphatic heterocycles. The molecule has 0 saturated carbocycles. The zero-order valence-corrected chi connectivity index (χ0v) is 9.81. The van der Waals surface area contributed by atoms with Crippen LogP contribution in [0.25, 0.3) is 0 Å². The highest BCUT2D eigenvalue weighted by atomic mass is 35.5. The Morgan fingerprint density at radius 1 is 1.29 bits per heavy atom. The largest absolute Gasteiger partial charge is 0.323 e. The SMILES string of the molecule is CN(C)CC(N)c1c(Cl)cccc1Cl. The van der Waals surface area contributed by atoms with Crippen molar-refractivity contribution in [1.82, 2.24) is 4.90 Å². The highest BCUT2D eigenvalue weighted by Crippen LogP contribution is 2.29. The molecule has 0 spiro atoms. The Morgan fingerprint density at radius 2 is 1.79 bits per heavy atom. The van der Waals surface area contributed by atoms with Gasteiger partial charge in [0.2, 0.25) is 0 Å². The Kier molecular flexibility index (Phi) is 4.20. The summed E-state index contributed by atoms with van der Waals surface area (Å²) in [6.07, 6.45) is 0. The summed E-state index contributed by atoms with van der Waals surface area (Å²) in [4.78, 5) is 2.00. The molecule has 0 amide bonds. The number of halogens is 2. The van der Waals surface area contributed by atoms with Gasteiger partial charge >= 0.3 is 0 Å². The molecular weight excluding hydrogens is 219 g/mol. The lowest BCUT2D eigenvalue weighted by atomic mass is 10.1. The predicted octanol–water partition coefficient (Wildman–Crippen LogP) is 2.55. The summed E-state index contributed by atoms with van der Waals surface area (Å²) < 4.78 is 0. The van der Waals surface area contributed by atoms with Crippen molar-refractivity contribution in [2.45, 2.75) is 6.04 Å². The highest BCUT2D eigenvalue weighted by molar-refractivity contribution is 6.36. The van der Waals surface area contributed by atoms with E-state index < -0.39 is 0 Å². The standard InChI is InChI=1S/C10H14Cl2N2/c1-14(2)6-9(13)10-7(11)4-3-5-8(10)12/h3-5,9H,6,13H2,1-2H3. The van der Waals surface area contributed by atoms with Crippen LogP contribution in [0.4, 0.5) is 0 Å². The van der Waals surface area contributed by atoms with Gasteiger partial charge in [-0.15, -0.1) is 0 Å². The van der Waals surface area contributed by atoms with Crippen LogP contribution in [-0.4, -0.2) is 25.5 Å². The number of nitrogens with zero attached hydrogens (tertiary/aromatic N) is 1. The van der Waals surface area contributed by atoms with E-state index in [1.54, 1.807) is 12.1 Å². The van der Waals surface area contributed by atoms with E-state index in [2.05, 4.69) is 0 Å². The maximum absolute atomic E-state index is 6.02. The summed E-state index contributed by atoms with van der Waals surface area (Å²) in [5, 5.41) is 1.26. The molecule has 0 heterocycles. The van der Waals surface area contributed by atoms with Gasteiger partial charge in [0.1, 0.15) is 0 Å². The van der Waals surface area contributed by atoms with Gasteiger partial charge in [0.25, 0.3) is 0 Å². The van der Waals surface area contributed by atoms with E-state index in [0.717, 1.165) is 12.1 Å². The molecule has 1 rings (SSSR count). The van der Waals surface area contributed by atoms with Gasteiger partial charge in [0.05, 0.1) is 0 Å². The summed E-state index contributed by atoms with van der Waals surface area (Å²) in [7, 11) is 3.93. The van der Waals surface area contributed by atoms with E-state index in [1.807, 2.05) is 25.1 Å². The number of benzene rings is 1. The second kappa shape index (κ2) is 4.99. The zero-order chi connectivity index (χ0) is 10.7. The average Bonchev–Trinajstić information content (AvgIpc) is 2.01. The number of hydrogen-bond acceptors (Lipinski definition) is 2. The lowest BCUT2D eigenvalue weighted by Crippen LogP contribution is -2.26. The number of nitrogens with two attached hydrogens (primary N) is 1. The lowest BCUT2D eigenvalue weighted by molar-refractivity contribution is 0.377. The van der Waals surface area contributed by atoms with Crippen LogP contribution >= 0.6 is 23.2 Å². The fourth-order valence-electron chi connectivity index (χ4n) is 1.35. The molecule has 14 heavy (non-hydrogen) atoms. The maximum atomic E-state index is 6.02. The summed E-state index contributed by atoms with van der Waals surface area (Å²) in [5.41, 5.74) is 6.81. The number of likely N-dealkylation sites (N-methyl/N-ethyl adjacent to an activating group) is 1. The summed E-state index contributed by atoms with van der Waals surface area (Å²) in [6.45, 7) is 0.726. The number of hydrogen-bond donors (Lipinski definition) is 1. The second-order valence-corrected chi connectivity index (χ2v) is 4.32. The normalized spacial score (nSPS) is 13.3. The molecule has 1 aromatic rings. The van der Waals surface area contributed by atoms with Crippen LogP contribution in [0.15, 0.2) is 18.2 Å². The fourth-order valence-corrected chi connectivity index (χ4v) is 2.03. The van der Waals surface area contributed by atoms with Crippen molar-refractivity contribution in [3.63, 3.8) is 0 Å². The molecule has 78 valence electrons. The van der Waals surface area contributed by atoms with Gasteiger partial charge in [-0.05, 0) is 26.2 Å². The van der Waals surface area contributed by atoms with Gasteiger partial charge in [0, 0.05) is 28.2 Å². The third-order valence-electron chi connectivity index (χ3n) is 1.93. The van der Waals surface area contributed by atoms with Crippen molar-refractivity contribution in [1.29, 1.82) is 0 Å². The minimum Gasteiger partial charge on any atom is -0.323 e. The molecule has 0 bridgehead atoms. The quantitative estimate of drug-likeness (QED) is 0.869. The summed E-state index contributed by atoms with van der Waals surface area (Å²) in [6, 6.07) is 5.28. The van der Waals surface area contributed by atoms with E-state index >= 15 is 0 Å². The molecule has 0 aliphatic rings. The van der Waals surface area contributed by atoms with Crippen molar-refractivity contribution >= 4 is 23.2 Å². The zero-order valence-electron chi connectivity index (χ0n) is 8.30. The topological polar surface area (TPSA) is 29.3 Å². The Labute approximate surface area is 94.6 Å². The van der Waals surface area contributed by atoms with Gasteiger partial charge in [-0.2, -0.15) is 0 Å². The molecule has 1 atom stereocenters. The minimum absolute atomic E-state index is 0.147. The van der Waals surface area contributed by atoms with Crippen LogP contribution in [-0.2, 0) is 0 Å². The monoisotopic (exact) mass is 232 g/mol. The molecule has 0 radical (unpaired) electrons. The fraction of sp³-hybridized carbons (Fsp3) is 0.400. The van der Waals surface area contributed by atoms with Crippen LogP contribution in [0, 0.1) is 0 Å². The summed E-state index contributed by atoms with van der Waals surface area (Å²) in [5.74, 6) is 0. The van der Waals surface area contributed by atoms with Crippen LogP contribution in [0.3, 0.4) is 0 Å². The maximum Gasteiger partial charge on any atom is 0.0469 e. The third-order valence-corrected chi connectivity index (χ3v) is 2.59. The second-order valence-electron chi connectivity index (χ2n) is 3.50. The minimum atomic E-state index is -0.147. The Balaban J connectivity index is 2.94. The van der Waals surface area contributed by atoms with Crippen LogP contribution < -0.4 is 5.73 Å². The number of rotatable bonds is 3.